The second-order valence-corrected chi connectivity index (χ2v) is 12.5. The second-order valence-electron chi connectivity index (χ2n) is 8.23. The topological polar surface area (TPSA) is 78.9 Å². The quantitative estimate of drug-likeness (QED) is 0.389. The normalized spacial score (nSPS) is 20.6. The first-order valence-corrected chi connectivity index (χ1v) is 12.6. The van der Waals surface area contributed by atoms with E-state index in [1.54, 1.807) is 0 Å². The average Bonchev–Trinajstić information content (AvgIpc) is 2.93. The Morgan fingerprint density at radius 1 is 0.867 bits per heavy atom. The van der Waals surface area contributed by atoms with E-state index in [1.165, 1.54) is 20.8 Å². The van der Waals surface area contributed by atoms with Gasteiger partial charge in [0.1, 0.15) is 0 Å². The van der Waals surface area contributed by atoms with Crippen molar-refractivity contribution in [3.05, 3.63) is 59.3 Å². The van der Waals surface area contributed by atoms with E-state index in [2.05, 4.69) is 19.7 Å². The molecule has 0 heterocycles. The molecule has 0 aliphatic heterocycles. The molecular weight excluding hydrogens is 420 g/mol. The molecule has 30 heavy (non-hydrogen) atoms. The molecule has 0 N–H and O–H groups in total. The zero-order chi connectivity index (χ0) is 22.9. The predicted molar refractivity (Wildman–Crippen MR) is 110 cm³/mol. The van der Waals surface area contributed by atoms with Gasteiger partial charge in [-0.25, -0.2) is 0 Å². The number of hydrogen-bond donors (Lipinski definition) is 0. The number of carbonyl (C=O) groups is 3. The van der Waals surface area contributed by atoms with Gasteiger partial charge in [0.05, 0.1) is 0 Å². The maximum atomic E-state index is 12.7. The van der Waals surface area contributed by atoms with Crippen LogP contribution in [0, 0.1) is 0 Å². The van der Waals surface area contributed by atoms with Gasteiger partial charge >= 0.3 is 183 Å². The summed E-state index contributed by atoms with van der Waals surface area (Å²) in [7, 11) is 0. The molecule has 6 nitrogen and oxygen atoms in total. The van der Waals surface area contributed by atoms with Crippen LogP contribution < -0.4 is 0 Å². The summed E-state index contributed by atoms with van der Waals surface area (Å²) in [6, 6.07) is 0. The molecule has 0 radical (unpaired) electrons. The SMILES string of the molecule is C=C(C)C(=O)[O][Ti]([O]C(=O)C(=C)C)([O]C(=O)C(=C)C)[C]1(C)C(C)=CC2=C1CCCC2. The van der Waals surface area contributed by atoms with Crippen LogP contribution in [0.2, 0.25) is 3.72 Å². The van der Waals surface area contributed by atoms with Crippen molar-refractivity contribution in [1.29, 1.82) is 0 Å². The monoisotopic (exact) mass is 450 g/mol. The third-order valence-corrected chi connectivity index (χ3v) is 10.8. The number of hydrogen-bond acceptors (Lipinski definition) is 6. The molecule has 0 spiro atoms. The van der Waals surface area contributed by atoms with E-state index >= 15 is 0 Å². The zero-order valence-electron chi connectivity index (χ0n) is 18.5. The van der Waals surface area contributed by atoms with Crippen molar-refractivity contribution in [3.63, 3.8) is 0 Å². The van der Waals surface area contributed by atoms with Crippen molar-refractivity contribution >= 4 is 17.9 Å². The molecular formula is C23H30O6Ti. The zero-order valence-corrected chi connectivity index (χ0v) is 20.0. The molecule has 1 unspecified atom stereocenters. The third-order valence-electron chi connectivity index (χ3n) is 5.63. The fraction of sp³-hybridized carbons (Fsp3) is 0.435. The van der Waals surface area contributed by atoms with Gasteiger partial charge < -0.3 is 0 Å². The first-order valence-electron chi connectivity index (χ1n) is 9.93. The Bertz CT molecular complexity index is 837. The van der Waals surface area contributed by atoms with Gasteiger partial charge in [-0.05, 0) is 0 Å². The molecule has 0 aromatic rings. The minimum absolute atomic E-state index is 0.115. The van der Waals surface area contributed by atoms with Crippen LogP contribution in [0.4, 0.5) is 0 Å². The molecule has 0 aromatic carbocycles. The van der Waals surface area contributed by atoms with Gasteiger partial charge in [0.25, 0.3) is 0 Å². The summed E-state index contributed by atoms with van der Waals surface area (Å²) in [6.07, 6.45) is 5.64. The summed E-state index contributed by atoms with van der Waals surface area (Å²) in [6.45, 7) is 19.1. The third kappa shape index (κ3) is 4.30. The molecule has 7 heteroatoms. The molecule has 0 saturated heterocycles. The van der Waals surface area contributed by atoms with Gasteiger partial charge in [-0.3, -0.25) is 0 Å². The van der Waals surface area contributed by atoms with Gasteiger partial charge in [-0.15, -0.1) is 0 Å². The number of rotatable bonds is 7. The summed E-state index contributed by atoms with van der Waals surface area (Å²) in [5.74, 6) is -2.30. The minimum atomic E-state index is -5.10. The van der Waals surface area contributed by atoms with E-state index in [9.17, 15) is 14.4 Å². The van der Waals surface area contributed by atoms with Crippen LogP contribution in [0.25, 0.3) is 0 Å². The van der Waals surface area contributed by atoms with E-state index in [-0.39, 0.29) is 16.7 Å². The number of carbonyl (C=O) groups excluding carboxylic acids is 3. The van der Waals surface area contributed by atoms with Gasteiger partial charge in [-0.2, -0.15) is 0 Å². The molecule has 0 bridgehead atoms. The first-order chi connectivity index (χ1) is 13.9. The van der Waals surface area contributed by atoms with Crippen LogP contribution >= 0.6 is 0 Å². The van der Waals surface area contributed by atoms with Crippen molar-refractivity contribution in [2.45, 2.75) is 64.0 Å². The molecule has 0 amide bonds. The van der Waals surface area contributed by atoms with Crippen LogP contribution in [0.5, 0.6) is 0 Å². The van der Waals surface area contributed by atoms with E-state index in [0.29, 0.717) is 0 Å². The Balaban J connectivity index is 2.76. The molecule has 162 valence electrons. The molecule has 2 aliphatic rings. The van der Waals surface area contributed by atoms with Gasteiger partial charge in [0.15, 0.2) is 0 Å². The summed E-state index contributed by atoms with van der Waals surface area (Å²) in [5, 5.41) is 0. The summed E-state index contributed by atoms with van der Waals surface area (Å²) < 4.78 is 16.5. The maximum absolute atomic E-state index is 12.7. The molecule has 2 aliphatic carbocycles. The van der Waals surface area contributed by atoms with Gasteiger partial charge in [-0.1, -0.05) is 0 Å². The number of allylic oxidation sites excluding steroid dienone is 4. The van der Waals surface area contributed by atoms with Gasteiger partial charge in [0.2, 0.25) is 0 Å². The summed E-state index contributed by atoms with van der Waals surface area (Å²) >= 11 is -5.10. The van der Waals surface area contributed by atoms with Crippen LogP contribution in [0.15, 0.2) is 59.3 Å². The fourth-order valence-corrected chi connectivity index (χ4v) is 8.73. The molecule has 0 saturated carbocycles. The Morgan fingerprint density at radius 3 is 1.67 bits per heavy atom. The molecule has 0 aromatic heterocycles. The van der Waals surface area contributed by atoms with Crippen molar-refractivity contribution in [3.8, 4) is 0 Å². The Morgan fingerprint density at radius 2 is 1.27 bits per heavy atom. The second kappa shape index (κ2) is 8.90. The van der Waals surface area contributed by atoms with Crippen molar-refractivity contribution in [2.24, 2.45) is 0 Å². The fourth-order valence-electron chi connectivity index (χ4n) is 3.73. The van der Waals surface area contributed by atoms with Crippen molar-refractivity contribution in [1.82, 2.24) is 0 Å². The first kappa shape index (κ1) is 24.1. The summed E-state index contributed by atoms with van der Waals surface area (Å²) in [5.41, 5.74) is 3.31. The summed E-state index contributed by atoms with van der Waals surface area (Å²) in [4.78, 5) is 38.1. The van der Waals surface area contributed by atoms with E-state index in [1.807, 2.05) is 19.9 Å². The average molecular weight is 450 g/mol. The van der Waals surface area contributed by atoms with E-state index < -0.39 is 39.4 Å². The molecule has 2 rings (SSSR count). The van der Waals surface area contributed by atoms with E-state index in [0.717, 1.165) is 42.4 Å². The predicted octanol–water partition coefficient (Wildman–Crippen LogP) is 5.25. The molecule has 1 atom stereocenters. The Labute approximate surface area is 183 Å². The van der Waals surface area contributed by atoms with Crippen LogP contribution in [-0.4, -0.2) is 17.9 Å². The van der Waals surface area contributed by atoms with E-state index in [4.69, 9.17) is 9.96 Å². The van der Waals surface area contributed by atoms with Crippen LogP contribution in [0.3, 0.4) is 0 Å². The van der Waals surface area contributed by atoms with Crippen LogP contribution in [-0.2, 0) is 42.1 Å². The van der Waals surface area contributed by atoms with Gasteiger partial charge in [0, 0.05) is 0 Å². The van der Waals surface area contributed by atoms with Crippen LogP contribution in [0.1, 0.15) is 60.3 Å². The van der Waals surface area contributed by atoms with Crippen molar-refractivity contribution in [2.75, 3.05) is 0 Å². The Hall–Kier alpha value is -2.18. The van der Waals surface area contributed by atoms with Crippen molar-refractivity contribution < 1.29 is 42.1 Å². The molecule has 0 fully saturated rings. The standard InChI is InChI=1S/C11H15.3C4H6O2.Ti/c1-8-7-10-5-3-4-6-11(10)9(8)2;3*1-3(2)4(5)6;/h7H,3-6H2,1-2H3;3*1H2,2H3,(H,5,6);/q;;;;+3/p-3. The Kier molecular flexibility index (Phi) is 7.15.